The van der Waals surface area contributed by atoms with Gasteiger partial charge < -0.3 is 14.4 Å². The molecule has 0 spiro atoms. The summed E-state index contributed by atoms with van der Waals surface area (Å²) in [6, 6.07) is 14.2. The summed E-state index contributed by atoms with van der Waals surface area (Å²) in [6.45, 7) is 4.73. The van der Waals surface area contributed by atoms with Crippen LogP contribution in [0.1, 0.15) is 11.7 Å². The van der Waals surface area contributed by atoms with Crippen LogP contribution >= 0.6 is 22.9 Å². The minimum atomic E-state index is 0.0956. The van der Waals surface area contributed by atoms with Crippen molar-refractivity contribution in [2.24, 2.45) is 0 Å². The quantitative estimate of drug-likeness (QED) is 0.591. The van der Waals surface area contributed by atoms with Gasteiger partial charge in [0, 0.05) is 39.8 Å². The first-order valence-corrected chi connectivity index (χ1v) is 10.6. The number of piperazine rings is 1. The van der Waals surface area contributed by atoms with Gasteiger partial charge in [-0.25, -0.2) is 4.98 Å². The van der Waals surface area contributed by atoms with Crippen molar-refractivity contribution in [3.05, 3.63) is 53.1 Å². The molecule has 1 aromatic heterocycles. The minimum Gasteiger partial charge on any atom is -0.494 e. The van der Waals surface area contributed by atoms with Gasteiger partial charge in [0.05, 0.1) is 22.9 Å². The predicted molar refractivity (Wildman–Crippen MR) is 116 cm³/mol. The second-order valence-electron chi connectivity index (χ2n) is 6.85. The van der Waals surface area contributed by atoms with Crippen molar-refractivity contribution >= 4 is 38.3 Å². The van der Waals surface area contributed by atoms with E-state index in [1.165, 1.54) is 5.56 Å². The Morgan fingerprint density at radius 1 is 1.07 bits per heavy atom. The zero-order chi connectivity index (χ0) is 19.5. The van der Waals surface area contributed by atoms with Gasteiger partial charge in [0.2, 0.25) is 0 Å². The molecule has 28 heavy (non-hydrogen) atoms. The monoisotopic (exact) mass is 417 g/mol. The van der Waals surface area contributed by atoms with Crippen LogP contribution < -0.4 is 9.64 Å². The van der Waals surface area contributed by atoms with Gasteiger partial charge in [-0.15, -0.1) is 0 Å². The average Bonchev–Trinajstić information content (AvgIpc) is 3.20. The number of fused-ring (bicyclic) bond motifs is 1. The van der Waals surface area contributed by atoms with E-state index >= 15 is 0 Å². The van der Waals surface area contributed by atoms with Crippen LogP contribution in [0.25, 0.3) is 10.2 Å². The van der Waals surface area contributed by atoms with Gasteiger partial charge in [-0.05, 0) is 17.7 Å². The first kappa shape index (κ1) is 19.5. The molecule has 0 amide bonds. The molecule has 2 heterocycles. The summed E-state index contributed by atoms with van der Waals surface area (Å²) in [7, 11) is 3.45. The van der Waals surface area contributed by atoms with Crippen LogP contribution in [-0.4, -0.2) is 56.8 Å². The summed E-state index contributed by atoms with van der Waals surface area (Å²) in [6.07, 6.45) is 0.0956. The molecule has 5 nitrogen and oxygen atoms in total. The van der Waals surface area contributed by atoms with E-state index in [1.54, 1.807) is 25.6 Å². The molecule has 148 valence electrons. The standard InChI is InChI=1S/C21H24ClN3O2S/c1-26-17-9-8-16(22)20-19(17)23-21(28-20)25-12-10-24(11-13-25)14-18(27-2)15-6-4-3-5-7-15/h3-9,18H,10-14H2,1-2H3. The third kappa shape index (κ3) is 3.96. The van der Waals surface area contributed by atoms with Crippen LogP contribution in [0.15, 0.2) is 42.5 Å². The van der Waals surface area contributed by atoms with E-state index in [1.807, 2.05) is 18.2 Å². The first-order valence-electron chi connectivity index (χ1n) is 9.37. The van der Waals surface area contributed by atoms with Crippen LogP contribution in [0.5, 0.6) is 5.75 Å². The van der Waals surface area contributed by atoms with Crippen molar-refractivity contribution in [3.63, 3.8) is 0 Å². The zero-order valence-electron chi connectivity index (χ0n) is 16.1. The van der Waals surface area contributed by atoms with Crippen molar-refractivity contribution in [1.82, 2.24) is 9.88 Å². The van der Waals surface area contributed by atoms with E-state index in [9.17, 15) is 0 Å². The molecule has 1 fully saturated rings. The van der Waals surface area contributed by atoms with Crippen LogP contribution in [0, 0.1) is 0 Å². The van der Waals surface area contributed by atoms with Crippen molar-refractivity contribution < 1.29 is 9.47 Å². The fraction of sp³-hybridized carbons (Fsp3) is 0.381. The molecule has 0 bridgehead atoms. The molecule has 3 aromatic rings. The number of aromatic nitrogens is 1. The number of rotatable bonds is 6. The minimum absolute atomic E-state index is 0.0956. The van der Waals surface area contributed by atoms with E-state index in [2.05, 4.69) is 34.1 Å². The highest BCUT2D eigenvalue weighted by Crippen LogP contribution is 2.38. The molecular weight excluding hydrogens is 394 g/mol. The number of nitrogens with zero attached hydrogens (tertiary/aromatic N) is 3. The maximum absolute atomic E-state index is 6.37. The van der Waals surface area contributed by atoms with Gasteiger partial charge >= 0.3 is 0 Å². The molecule has 1 unspecified atom stereocenters. The van der Waals surface area contributed by atoms with Gasteiger partial charge in [-0.2, -0.15) is 0 Å². The molecule has 4 rings (SSSR count). The number of methoxy groups -OCH3 is 2. The summed E-state index contributed by atoms with van der Waals surface area (Å²) in [5.41, 5.74) is 2.07. The number of benzene rings is 2. The number of thiazole rings is 1. The van der Waals surface area contributed by atoms with Crippen molar-refractivity contribution in [2.45, 2.75) is 6.10 Å². The van der Waals surface area contributed by atoms with Crippen molar-refractivity contribution in [2.75, 3.05) is 51.8 Å². The summed E-state index contributed by atoms with van der Waals surface area (Å²) < 4.78 is 12.2. The molecule has 1 atom stereocenters. The largest absolute Gasteiger partial charge is 0.494 e. The first-order chi connectivity index (χ1) is 13.7. The van der Waals surface area contributed by atoms with E-state index in [4.69, 9.17) is 26.1 Å². The maximum atomic E-state index is 6.37. The van der Waals surface area contributed by atoms with Gasteiger partial charge in [-0.1, -0.05) is 53.3 Å². The van der Waals surface area contributed by atoms with Crippen molar-refractivity contribution in [1.29, 1.82) is 0 Å². The lowest BCUT2D eigenvalue weighted by atomic mass is 10.1. The molecule has 1 saturated heterocycles. The van der Waals surface area contributed by atoms with Crippen LogP contribution in [0.4, 0.5) is 5.13 Å². The molecule has 0 N–H and O–H groups in total. The third-order valence-electron chi connectivity index (χ3n) is 5.19. The van der Waals surface area contributed by atoms with Crippen LogP contribution in [0.2, 0.25) is 5.02 Å². The molecule has 1 aliphatic rings. The second kappa shape index (κ2) is 8.66. The summed E-state index contributed by atoms with van der Waals surface area (Å²) in [4.78, 5) is 9.60. The lowest BCUT2D eigenvalue weighted by Gasteiger charge is -2.36. The smallest absolute Gasteiger partial charge is 0.186 e. The Morgan fingerprint density at radius 3 is 2.50 bits per heavy atom. The summed E-state index contributed by atoms with van der Waals surface area (Å²) in [5.74, 6) is 0.770. The third-order valence-corrected chi connectivity index (χ3v) is 6.77. The highest BCUT2D eigenvalue weighted by molar-refractivity contribution is 7.22. The highest BCUT2D eigenvalue weighted by atomic mass is 35.5. The van der Waals surface area contributed by atoms with E-state index in [0.29, 0.717) is 0 Å². The molecule has 1 aliphatic heterocycles. The Balaban J connectivity index is 1.43. The normalized spacial score (nSPS) is 16.5. The predicted octanol–water partition coefficient (Wildman–Crippen LogP) is 4.47. The number of anilines is 1. The van der Waals surface area contributed by atoms with E-state index < -0.39 is 0 Å². The summed E-state index contributed by atoms with van der Waals surface area (Å²) in [5, 5.41) is 1.73. The van der Waals surface area contributed by atoms with Gasteiger partial charge in [-0.3, -0.25) is 4.90 Å². The topological polar surface area (TPSA) is 37.8 Å². The fourth-order valence-corrected chi connectivity index (χ4v) is 4.89. The lowest BCUT2D eigenvalue weighted by Crippen LogP contribution is -2.47. The van der Waals surface area contributed by atoms with Gasteiger partial charge in [0.1, 0.15) is 11.3 Å². The Kier molecular flexibility index (Phi) is 6.01. The molecule has 0 radical (unpaired) electrons. The Labute approximate surface area is 174 Å². The Bertz CT molecular complexity index is 926. The van der Waals surface area contributed by atoms with Crippen LogP contribution in [0.3, 0.4) is 0 Å². The summed E-state index contributed by atoms with van der Waals surface area (Å²) >= 11 is 8.00. The van der Waals surface area contributed by atoms with Crippen molar-refractivity contribution in [3.8, 4) is 5.75 Å². The number of ether oxygens (including phenoxy) is 2. The Hall–Kier alpha value is -1.86. The molecule has 7 heteroatoms. The molecule has 0 saturated carbocycles. The molecule has 0 aliphatic carbocycles. The van der Waals surface area contributed by atoms with Gasteiger partial charge in [0.25, 0.3) is 0 Å². The number of hydrogen-bond donors (Lipinski definition) is 0. The van der Waals surface area contributed by atoms with Gasteiger partial charge in [0.15, 0.2) is 5.13 Å². The second-order valence-corrected chi connectivity index (χ2v) is 8.23. The average molecular weight is 418 g/mol. The molecular formula is C21H24ClN3O2S. The number of hydrogen-bond acceptors (Lipinski definition) is 6. The molecule has 2 aromatic carbocycles. The SMILES string of the molecule is COc1ccc(Cl)c2sc(N3CCN(CC(OC)c4ccccc4)CC3)nc12. The maximum Gasteiger partial charge on any atom is 0.186 e. The Morgan fingerprint density at radius 2 is 1.82 bits per heavy atom. The van der Waals surface area contributed by atoms with Crippen LogP contribution in [-0.2, 0) is 4.74 Å². The van der Waals surface area contributed by atoms with E-state index in [-0.39, 0.29) is 6.10 Å². The zero-order valence-corrected chi connectivity index (χ0v) is 17.7. The fourth-order valence-electron chi connectivity index (χ4n) is 3.58. The number of halogens is 1. The van der Waals surface area contributed by atoms with E-state index in [0.717, 1.165) is 58.8 Å². The lowest BCUT2D eigenvalue weighted by molar-refractivity contribution is 0.0615. The highest BCUT2D eigenvalue weighted by Gasteiger charge is 2.23.